The summed E-state index contributed by atoms with van der Waals surface area (Å²) in [6.45, 7) is 5.98. The average Bonchev–Trinajstić information content (AvgIpc) is 2.83. The van der Waals surface area contributed by atoms with Gasteiger partial charge in [0.1, 0.15) is 22.8 Å². The lowest BCUT2D eigenvalue weighted by Crippen LogP contribution is -2.54. The van der Waals surface area contributed by atoms with Crippen LogP contribution < -0.4 is 24.4 Å². The average molecular weight is 608 g/mol. The molecular formula is C25H25IN2O8. The summed E-state index contributed by atoms with van der Waals surface area (Å²) in [5.74, 6) is -0.957. The minimum absolute atomic E-state index is 0.154. The minimum atomic E-state index is -0.894. The number of nitrogens with one attached hydrogen (secondary N) is 1. The molecule has 0 bridgehead atoms. The Bertz CT molecular complexity index is 1210. The van der Waals surface area contributed by atoms with Gasteiger partial charge in [-0.15, -0.1) is 0 Å². The zero-order valence-corrected chi connectivity index (χ0v) is 22.1. The number of esters is 1. The number of amides is 4. The largest absolute Gasteiger partial charge is 0.494 e. The molecule has 11 heteroatoms. The molecule has 1 fully saturated rings. The monoisotopic (exact) mass is 608 g/mol. The molecule has 0 unspecified atom stereocenters. The maximum absolute atomic E-state index is 13.4. The van der Waals surface area contributed by atoms with E-state index in [4.69, 9.17) is 18.9 Å². The Morgan fingerprint density at radius 1 is 0.944 bits per heavy atom. The molecule has 1 saturated heterocycles. The molecule has 0 aromatic heterocycles. The SMILES string of the molecule is CCOC(=O)COc1ccc(/C=C2\C(=O)NC(=O)N(c3cc(OCC)ccc3OCC)C2=O)cc1I. The van der Waals surface area contributed by atoms with Gasteiger partial charge >= 0.3 is 12.0 Å². The van der Waals surface area contributed by atoms with Crippen molar-refractivity contribution in [3.8, 4) is 17.2 Å². The molecule has 0 atom stereocenters. The lowest BCUT2D eigenvalue weighted by atomic mass is 10.1. The van der Waals surface area contributed by atoms with Gasteiger partial charge in [-0.05, 0) is 79.3 Å². The van der Waals surface area contributed by atoms with Crippen molar-refractivity contribution in [3.05, 3.63) is 51.1 Å². The van der Waals surface area contributed by atoms with Crippen LogP contribution in [0.15, 0.2) is 42.0 Å². The minimum Gasteiger partial charge on any atom is -0.494 e. The van der Waals surface area contributed by atoms with Gasteiger partial charge in [-0.2, -0.15) is 0 Å². The highest BCUT2D eigenvalue weighted by Gasteiger charge is 2.38. The first-order valence-corrected chi connectivity index (χ1v) is 12.3. The van der Waals surface area contributed by atoms with Gasteiger partial charge in [-0.25, -0.2) is 14.5 Å². The van der Waals surface area contributed by atoms with E-state index >= 15 is 0 Å². The highest BCUT2D eigenvalue weighted by atomic mass is 127. The van der Waals surface area contributed by atoms with Crippen LogP contribution in [0.1, 0.15) is 26.3 Å². The quantitative estimate of drug-likeness (QED) is 0.188. The van der Waals surface area contributed by atoms with Crippen LogP contribution in [0.25, 0.3) is 6.08 Å². The van der Waals surface area contributed by atoms with E-state index in [0.29, 0.717) is 33.8 Å². The number of barbiturate groups is 1. The van der Waals surface area contributed by atoms with Crippen molar-refractivity contribution >= 4 is 58.2 Å². The summed E-state index contributed by atoms with van der Waals surface area (Å²) >= 11 is 2.01. The zero-order valence-electron chi connectivity index (χ0n) is 20.0. The van der Waals surface area contributed by atoms with E-state index in [1.165, 1.54) is 12.1 Å². The summed E-state index contributed by atoms with van der Waals surface area (Å²) in [4.78, 5) is 51.0. The first kappa shape index (κ1) is 27.0. The molecule has 3 rings (SSSR count). The van der Waals surface area contributed by atoms with Crippen molar-refractivity contribution in [1.82, 2.24) is 5.32 Å². The number of urea groups is 1. The fourth-order valence-corrected chi connectivity index (χ4v) is 4.01. The first-order valence-electron chi connectivity index (χ1n) is 11.2. The Labute approximate surface area is 221 Å². The number of carbonyl (C=O) groups is 4. The predicted octanol–water partition coefficient (Wildman–Crippen LogP) is 3.70. The van der Waals surface area contributed by atoms with Crippen LogP contribution >= 0.6 is 22.6 Å². The Morgan fingerprint density at radius 3 is 2.33 bits per heavy atom. The van der Waals surface area contributed by atoms with Crippen LogP contribution in [0.2, 0.25) is 0 Å². The number of nitrogens with zero attached hydrogens (tertiary/aromatic N) is 1. The molecule has 0 saturated carbocycles. The summed E-state index contributed by atoms with van der Waals surface area (Å²) in [5, 5.41) is 2.20. The summed E-state index contributed by atoms with van der Waals surface area (Å²) < 4.78 is 22.1. The molecule has 0 spiro atoms. The third-order valence-corrected chi connectivity index (χ3v) is 5.64. The second kappa shape index (κ2) is 12.4. The smallest absolute Gasteiger partial charge is 0.344 e. The van der Waals surface area contributed by atoms with Crippen molar-refractivity contribution < 1.29 is 38.1 Å². The van der Waals surface area contributed by atoms with Crippen LogP contribution in [0.5, 0.6) is 17.2 Å². The fraction of sp³-hybridized carbons (Fsp3) is 0.280. The maximum Gasteiger partial charge on any atom is 0.344 e. The molecule has 2 aromatic carbocycles. The van der Waals surface area contributed by atoms with Crippen LogP contribution in [-0.2, 0) is 19.1 Å². The van der Waals surface area contributed by atoms with Gasteiger partial charge in [0.2, 0.25) is 0 Å². The second-order valence-electron chi connectivity index (χ2n) is 7.24. The summed E-state index contributed by atoms with van der Waals surface area (Å²) in [5.41, 5.74) is 0.430. The summed E-state index contributed by atoms with van der Waals surface area (Å²) in [6, 6.07) is 8.79. The number of benzene rings is 2. The number of carbonyl (C=O) groups excluding carboxylic acids is 4. The normalized spacial score (nSPS) is 14.5. The van der Waals surface area contributed by atoms with E-state index in [2.05, 4.69) is 5.32 Å². The van der Waals surface area contributed by atoms with Gasteiger partial charge in [0, 0.05) is 6.07 Å². The van der Waals surface area contributed by atoms with Crippen molar-refractivity contribution in [2.75, 3.05) is 31.3 Å². The van der Waals surface area contributed by atoms with Crippen molar-refractivity contribution in [1.29, 1.82) is 0 Å². The highest BCUT2D eigenvalue weighted by Crippen LogP contribution is 2.35. The van der Waals surface area contributed by atoms with Crippen LogP contribution in [-0.4, -0.2) is 50.2 Å². The number of halogens is 1. The topological polar surface area (TPSA) is 120 Å². The Kier molecular flexibility index (Phi) is 9.28. The summed E-state index contributed by atoms with van der Waals surface area (Å²) in [7, 11) is 0. The highest BCUT2D eigenvalue weighted by molar-refractivity contribution is 14.1. The number of imide groups is 2. The molecule has 2 aromatic rings. The van der Waals surface area contributed by atoms with E-state index in [0.717, 1.165) is 4.90 Å². The van der Waals surface area contributed by atoms with E-state index in [1.54, 1.807) is 44.2 Å². The molecule has 36 heavy (non-hydrogen) atoms. The van der Waals surface area contributed by atoms with E-state index in [-0.39, 0.29) is 30.2 Å². The molecule has 1 N–H and O–H groups in total. The molecule has 1 aliphatic rings. The van der Waals surface area contributed by atoms with E-state index in [9.17, 15) is 19.2 Å². The first-order chi connectivity index (χ1) is 17.3. The summed E-state index contributed by atoms with van der Waals surface area (Å²) in [6.07, 6.45) is 1.38. The molecular weight excluding hydrogens is 583 g/mol. The van der Waals surface area contributed by atoms with Gasteiger partial charge in [-0.3, -0.25) is 14.9 Å². The van der Waals surface area contributed by atoms with Crippen molar-refractivity contribution in [3.63, 3.8) is 0 Å². The Morgan fingerprint density at radius 2 is 1.67 bits per heavy atom. The van der Waals surface area contributed by atoms with E-state index < -0.39 is 23.8 Å². The third kappa shape index (κ3) is 6.33. The van der Waals surface area contributed by atoms with Gasteiger partial charge in [0.15, 0.2) is 6.61 Å². The van der Waals surface area contributed by atoms with Crippen LogP contribution in [0.3, 0.4) is 0 Å². The second-order valence-corrected chi connectivity index (χ2v) is 8.40. The maximum atomic E-state index is 13.4. The van der Waals surface area contributed by atoms with Gasteiger partial charge in [0.25, 0.3) is 11.8 Å². The Balaban J connectivity index is 1.92. The van der Waals surface area contributed by atoms with Crippen molar-refractivity contribution in [2.24, 2.45) is 0 Å². The van der Waals surface area contributed by atoms with Crippen LogP contribution in [0, 0.1) is 3.57 Å². The molecule has 0 aliphatic carbocycles. The number of hydrogen-bond acceptors (Lipinski definition) is 8. The van der Waals surface area contributed by atoms with Gasteiger partial charge in [-0.1, -0.05) is 6.07 Å². The number of ether oxygens (including phenoxy) is 4. The third-order valence-electron chi connectivity index (χ3n) is 4.80. The fourth-order valence-electron chi connectivity index (χ4n) is 3.31. The molecule has 4 amide bonds. The molecule has 1 aliphatic heterocycles. The molecule has 10 nitrogen and oxygen atoms in total. The van der Waals surface area contributed by atoms with Crippen molar-refractivity contribution in [2.45, 2.75) is 20.8 Å². The number of hydrogen-bond donors (Lipinski definition) is 1. The van der Waals surface area contributed by atoms with Gasteiger partial charge < -0.3 is 18.9 Å². The molecule has 1 heterocycles. The lowest BCUT2D eigenvalue weighted by molar-refractivity contribution is -0.145. The van der Waals surface area contributed by atoms with E-state index in [1.807, 2.05) is 29.5 Å². The van der Waals surface area contributed by atoms with Gasteiger partial charge in [0.05, 0.1) is 29.1 Å². The predicted molar refractivity (Wildman–Crippen MR) is 139 cm³/mol. The Hall–Kier alpha value is -3.61. The standard InChI is InChI=1S/C25H25IN2O8/c1-4-33-16-8-10-21(34-5-2)19(13-16)28-24(31)17(23(30)27-25(28)32)11-15-7-9-20(18(26)12-15)36-14-22(29)35-6-3/h7-13H,4-6,14H2,1-3H3,(H,27,30,32)/b17-11+. The molecule has 0 radical (unpaired) electrons. The van der Waals surface area contributed by atoms with Crippen LogP contribution in [0.4, 0.5) is 10.5 Å². The number of rotatable bonds is 10. The number of anilines is 1. The molecule has 190 valence electrons. The lowest BCUT2D eigenvalue weighted by Gasteiger charge is -2.28. The zero-order chi connectivity index (χ0) is 26.2.